The number of benzene rings is 3. The van der Waals surface area contributed by atoms with Crippen molar-refractivity contribution in [1.82, 2.24) is 16.0 Å². The fourth-order valence-electron chi connectivity index (χ4n) is 7.21. The lowest BCUT2D eigenvalue weighted by atomic mass is 9.76. The summed E-state index contributed by atoms with van der Waals surface area (Å²) in [5.41, 5.74) is 0.847. The molecule has 262 valence electrons. The molecule has 0 aromatic heterocycles. The van der Waals surface area contributed by atoms with Crippen molar-refractivity contribution in [3.05, 3.63) is 82.9 Å². The molecule has 0 spiro atoms. The fraction of sp³-hybridized carbons (Fsp3) is 0.474. The highest BCUT2D eigenvalue weighted by Gasteiger charge is 2.39. The summed E-state index contributed by atoms with van der Waals surface area (Å²) in [5, 5.41) is 30.9. The monoisotopic (exact) mass is 691 g/mol. The molecule has 3 aromatic rings. The number of aliphatic hydroxyl groups excluding tert-OH is 1. The lowest BCUT2D eigenvalue weighted by molar-refractivity contribution is -0.149. The van der Waals surface area contributed by atoms with Gasteiger partial charge in [-0.3, -0.25) is 9.59 Å². The van der Waals surface area contributed by atoms with Gasteiger partial charge in [-0.15, -0.1) is 0 Å². The quantitative estimate of drug-likeness (QED) is 0.147. The molecule has 0 radical (unpaired) electrons. The van der Waals surface area contributed by atoms with E-state index >= 15 is 0 Å². The fourth-order valence-corrected chi connectivity index (χ4v) is 7.40. The molecule has 5 N–H and O–H groups in total. The number of carbonyl (C=O) groups is 4. The number of ether oxygens (including phenoxy) is 1. The van der Waals surface area contributed by atoms with E-state index in [-0.39, 0.29) is 18.2 Å². The van der Waals surface area contributed by atoms with Crippen LogP contribution in [0.2, 0.25) is 5.02 Å². The van der Waals surface area contributed by atoms with E-state index in [0.29, 0.717) is 24.4 Å². The minimum atomic E-state index is -1.93. The molecule has 3 aromatic carbocycles. The highest BCUT2D eigenvalue weighted by Crippen LogP contribution is 2.41. The minimum absolute atomic E-state index is 0.0521. The number of nitrogens with one attached hydrogen (secondary N) is 3. The number of fused-ring (bicyclic) bond motifs is 1. The van der Waals surface area contributed by atoms with Crippen LogP contribution in [0.4, 0.5) is 4.79 Å². The Balaban J connectivity index is 1.42. The lowest BCUT2D eigenvalue weighted by Crippen LogP contribution is -2.55. The van der Waals surface area contributed by atoms with Crippen molar-refractivity contribution in [3.8, 4) is 0 Å². The van der Waals surface area contributed by atoms with Crippen molar-refractivity contribution >= 4 is 46.3 Å². The predicted molar refractivity (Wildman–Crippen MR) is 187 cm³/mol. The van der Waals surface area contributed by atoms with E-state index in [4.69, 9.17) is 16.3 Å². The first-order chi connectivity index (χ1) is 23.4. The summed E-state index contributed by atoms with van der Waals surface area (Å²) in [6.07, 6.45) is 2.11. The van der Waals surface area contributed by atoms with Crippen LogP contribution < -0.4 is 16.0 Å². The van der Waals surface area contributed by atoms with Crippen molar-refractivity contribution < 1.29 is 34.1 Å². The number of aliphatic hydroxyl groups is 1. The van der Waals surface area contributed by atoms with Gasteiger partial charge in [-0.1, -0.05) is 106 Å². The lowest BCUT2D eigenvalue weighted by Gasteiger charge is -2.36. The van der Waals surface area contributed by atoms with Gasteiger partial charge in [0.1, 0.15) is 12.1 Å². The average Bonchev–Trinajstić information content (AvgIpc) is 3.50. The van der Waals surface area contributed by atoms with Gasteiger partial charge < -0.3 is 30.9 Å². The predicted octanol–water partition coefficient (Wildman–Crippen LogP) is 6.03. The largest absolute Gasteiger partial charge is 0.479 e. The number of carboxylic acid groups (broad SMARTS) is 1. The third-order valence-corrected chi connectivity index (χ3v) is 10.3. The van der Waals surface area contributed by atoms with Crippen LogP contribution in [0.5, 0.6) is 0 Å². The van der Waals surface area contributed by atoms with Gasteiger partial charge in [0.15, 0.2) is 6.10 Å². The van der Waals surface area contributed by atoms with E-state index in [9.17, 15) is 29.4 Å². The van der Waals surface area contributed by atoms with Crippen molar-refractivity contribution in [2.45, 2.75) is 94.9 Å². The van der Waals surface area contributed by atoms with Crippen LogP contribution in [0.3, 0.4) is 0 Å². The van der Waals surface area contributed by atoms with Crippen molar-refractivity contribution in [2.75, 3.05) is 6.54 Å². The molecule has 2 fully saturated rings. The summed E-state index contributed by atoms with van der Waals surface area (Å²) in [6, 6.07) is 18.9. The van der Waals surface area contributed by atoms with Gasteiger partial charge in [0.25, 0.3) is 0 Å². The molecule has 1 saturated carbocycles. The second kappa shape index (κ2) is 16.0. The standard InChI is InChI=1S/C38H46ClN3O7/c1-38(2,28-13-8-14-29(39)22-28)33(26-16-15-24-11-6-7-12-25(24)20-26)49-37(48)42-31(19-23-9-4-3-5-10-23)35(45)41-30(32(43)36(46)47)21-27-17-18-40-34(27)44/h6-8,11-16,20,22-23,27,30-33,43H,3-5,9-10,17-19,21H2,1-2H3,(H,40,44)(H,41,45)(H,42,48)(H,46,47)/t27?,30-,31-,32?,33?/m0/s1. The summed E-state index contributed by atoms with van der Waals surface area (Å²) in [5.74, 6) is -2.79. The van der Waals surface area contributed by atoms with Gasteiger partial charge in [0.2, 0.25) is 11.8 Å². The van der Waals surface area contributed by atoms with Crippen molar-refractivity contribution in [2.24, 2.45) is 11.8 Å². The molecule has 0 bridgehead atoms. The normalized spacial score (nSPS) is 19.3. The Kier molecular flexibility index (Phi) is 11.8. The molecule has 5 rings (SSSR count). The maximum absolute atomic E-state index is 13.9. The molecule has 49 heavy (non-hydrogen) atoms. The van der Waals surface area contributed by atoms with E-state index in [2.05, 4.69) is 16.0 Å². The van der Waals surface area contributed by atoms with Crippen LogP contribution in [0, 0.1) is 11.8 Å². The Morgan fingerprint density at radius 3 is 2.35 bits per heavy atom. The zero-order valence-corrected chi connectivity index (χ0v) is 28.7. The van der Waals surface area contributed by atoms with Gasteiger partial charge >= 0.3 is 12.1 Å². The van der Waals surface area contributed by atoms with E-state index in [1.165, 1.54) is 0 Å². The Morgan fingerprint density at radius 1 is 0.939 bits per heavy atom. The van der Waals surface area contributed by atoms with E-state index in [1.807, 2.05) is 74.5 Å². The van der Waals surface area contributed by atoms with Gasteiger partial charge in [-0.2, -0.15) is 0 Å². The van der Waals surface area contributed by atoms with Crippen LogP contribution in [0.25, 0.3) is 10.8 Å². The zero-order valence-electron chi connectivity index (χ0n) is 28.0. The number of carbonyl (C=O) groups excluding carboxylic acids is 3. The highest BCUT2D eigenvalue weighted by atomic mass is 35.5. The van der Waals surface area contributed by atoms with E-state index in [1.54, 1.807) is 6.07 Å². The molecule has 1 heterocycles. The van der Waals surface area contributed by atoms with Crippen LogP contribution in [-0.2, 0) is 24.5 Å². The first kappa shape index (κ1) is 36.1. The SMILES string of the molecule is CC(C)(c1cccc(Cl)c1)C(OC(=O)N[C@@H](CC1CCCCC1)C(=O)N[C@@H](CC1CCNC1=O)C(O)C(=O)O)c1ccc2ccccc2c1. The molecule has 3 amide bonds. The maximum Gasteiger partial charge on any atom is 0.408 e. The summed E-state index contributed by atoms with van der Waals surface area (Å²) in [6.45, 7) is 4.37. The molecule has 10 nitrogen and oxygen atoms in total. The van der Waals surface area contributed by atoms with E-state index in [0.717, 1.165) is 54.0 Å². The summed E-state index contributed by atoms with van der Waals surface area (Å²) >= 11 is 6.39. The maximum atomic E-state index is 13.9. The van der Waals surface area contributed by atoms with Gasteiger partial charge in [-0.05, 0) is 65.3 Å². The van der Waals surface area contributed by atoms with Crippen molar-refractivity contribution in [3.63, 3.8) is 0 Å². The van der Waals surface area contributed by atoms with Crippen LogP contribution in [-0.4, -0.2) is 58.8 Å². The number of alkyl carbamates (subject to hydrolysis) is 1. The average molecular weight is 692 g/mol. The topological polar surface area (TPSA) is 154 Å². The summed E-state index contributed by atoms with van der Waals surface area (Å²) < 4.78 is 6.26. The third kappa shape index (κ3) is 9.10. The second-order valence-electron chi connectivity index (χ2n) is 14.0. The number of amides is 3. The Morgan fingerprint density at radius 2 is 1.67 bits per heavy atom. The first-order valence-electron chi connectivity index (χ1n) is 17.1. The van der Waals surface area contributed by atoms with Gasteiger partial charge in [-0.25, -0.2) is 9.59 Å². The molecule has 3 unspecified atom stereocenters. The van der Waals surface area contributed by atoms with Crippen molar-refractivity contribution in [1.29, 1.82) is 0 Å². The van der Waals surface area contributed by atoms with Crippen LogP contribution in [0.1, 0.15) is 82.4 Å². The smallest absolute Gasteiger partial charge is 0.408 e. The van der Waals surface area contributed by atoms with Crippen LogP contribution in [0.15, 0.2) is 66.7 Å². The first-order valence-corrected chi connectivity index (χ1v) is 17.5. The number of halogens is 1. The number of rotatable bonds is 13. The minimum Gasteiger partial charge on any atom is -0.479 e. The molecule has 1 saturated heterocycles. The van der Waals surface area contributed by atoms with Gasteiger partial charge in [0, 0.05) is 22.9 Å². The molecule has 11 heteroatoms. The molecule has 1 aliphatic heterocycles. The zero-order chi connectivity index (χ0) is 35.1. The second-order valence-corrected chi connectivity index (χ2v) is 14.4. The number of carboxylic acids is 1. The summed E-state index contributed by atoms with van der Waals surface area (Å²) in [4.78, 5) is 51.9. The van der Waals surface area contributed by atoms with Gasteiger partial charge in [0.05, 0.1) is 6.04 Å². The Bertz CT molecular complexity index is 1660. The number of aliphatic carboxylic acids is 1. The Hall–Kier alpha value is -4.15. The summed E-state index contributed by atoms with van der Waals surface area (Å²) in [7, 11) is 0. The van der Waals surface area contributed by atoms with E-state index < -0.39 is 53.6 Å². The van der Waals surface area contributed by atoms with Crippen LogP contribution >= 0.6 is 11.6 Å². The highest BCUT2D eigenvalue weighted by molar-refractivity contribution is 6.30. The molecular formula is C38H46ClN3O7. The molecule has 5 atom stereocenters. The molecule has 1 aliphatic carbocycles. The third-order valence-electron chi connectivity index (χ3n) is 10.1. The molecular weight excluding hydrogens is 646 g/mol. The molecule has 2 aliphatic rings. The Labute approximate surface area is 291 Å². The number of hydrogen-bond donors (Lipinski definition) is 5. The number of hydrogen-bond acceptors (Lipinski definition) is 6.